The minimum Gasteiger partial charge on any atom is -0.396 e. The van der Waals surface area contributed by atoms with E-state index < -0.39 is 0 Å². The van der Waals surface area contributed by atoms with E-state index in [2.05, 4.69) is 20.8 Å². The zero-order valence-electron chi connectivity index (χ0n) is 11.9. The van der Waals surface area contributed by atoms with Crippen LogP contribution in [-0.2, 0) is 11.8 Å². The van der Waals surface area contributed by atoms with Gasteiger partial charge in [-0.05, 0) is 54.9 Å². The van der Waals surface area contributed by atoms with E-state index in [-0.39, 0.29) is 29.6 Å². The molecule has 21 heavy (non-hydrogen) atoms. The predicted octanol–water partition coefficient (Wildman–Crippen LogP) is -0.341. The van der Waals surface area contributed by atoms with Crippen molar-refractivity contribution in [3.8, 4) is 6.01 Å². The smallest absolute Gasteiger partial charge is 0.342 e. The lowest BCUT2D eigenvalue weighted by molar-refractivity contribution is -0.121. The predicted molar refractivity (Wildman–Crippen MR) is 77.8 cm³/mol. The van der Waals surface area contributed by atoms with Gasteiger partial charge in [0.2, 0.25) is 0 Å². The van der Waals surface area contributed by atoms with Gasteiger partial charge in [-0.25, -0.2) is 0 Å². The second kappa shape index (κ2) is 6.02. The summed E-state index contributed by atoms with van der Waals surface area (Å²) in [5.74, 6) is 0.168. The summed E-state index contributed by atoms with van der Waals surface area (Å²) in [6.07, 6.45) is 4.02. The van der Waals surface area contributed by atoms with Crippen LogP contribution < -0.4 is 10.1 Å². The number of rotatable bonds is 5. The molecule has 1 aromatic heterocycles. The highest BCUT2D eigenvalue weighted by molar-refractivity contribution is 7.80. The van der Waals surface area contributed by atoms with E-state index in [1.165, 1.54) is 4.68 Å². The molecule has 1 saturated heterocycles. The molecular formula is C12H18N6O2S. The average Bonchev–Trinajstić information content (AvgIpc) is 2.98. The molecule has 0 unspecified atom stereocenters. The number of nitrogens with one attached hydrogen (secondary N) is 1. The molecule has 1 aliphatic carbocycles. The van der Waals surface area contributed by atoms with Crippen molar-refractivity contribution >= 4 is 23.2 Å². The van der Waals surface area contributed by atoms with Gasteiger partial charge in [0, 0.05) is 13.1 Å². The normalized spacial score (nSPS) is 21.3. The van der Waals surface area contributed by atoms with Gasteiger partial charge in [0.05, 0.1) is 12.6 Å². The standard InChI is InChI=1S/C12H18N6O2S/c1-17-11(14-15-16-17)20-12(21)18(8-4-5-8)7-10(19)9-3-2-6-13-9/h8-9,13H,2-7H2,1H3/t9-/m1/s1. The summed E-state index contributed by atoms with van der Waals surface area (Å²) in [6.45, 7) is 1.19. The van der Waals surface area contributed by atoms with E-state index in [0.717, 1.165) is 32.2 Å². The van der Waals surface area contributed by atoms with Gasteiger partial charge in [-0.15, -0.1) is 0 Å². The molecule has 8 nitrogen and oxygen atoms in total. The molecule has 1 saturated carbocycles. The van der Waals surface area contributed by atoms with Crippen molar-refractivity contribution in [3.05, 3.63) is 0 Å². The molecule has 2 fully saturated rings. The Balaban J connectivity index is 1.62. The molecule has 0 radical (unpaired) electrons. The van der Waals surface area contributed by atoms with Gasteiger partial charge in [-0.1, -0.05) is 5.10 Å². The summed E-state index contributed by atoms with van der Waals surface area (Å²) in [6, 6.07) is 0.478. The Morgan fingerprint density at radius 1 is 1.52 bits per heavy atom. The second-order valence-electron chi connectivity index (χ2n) is 5.43. The number of ketones is 1. The number of hydrogen-bond donors (Lipinski definition) is 1. The number of carbonyl (C=O) groups is 1. The Hall–Kier alpha value is -1.61. The quantitative estimate of drug-likeness (QED) is 0.739. The van der Waals surface area contributed by atoms with Crippen LogP contribution in [0, 0.1) is 0 Å². The SMILES string of the molecule is Cn1nnnc1OC(=S)N(CC(=O)[C@H]1CCCN1)C1CC1. The number of nitrogens with zero attached hydrogens (tertiary/aromatic N) is 5. The van der Waals surface area contributed by atoms with Crippen LogP contribution in [0.15, 0.2) is 0 Å². The zero-order chi connectivity index (χ0) is 14.8. The number of aromatic nitrogens is 4. The molecule has 0 amide bonds. The first-order chi connectivity index (χ1) is 10.1. The van der Waals surface area contributed by atoms with Crippen LogP contribution in [0.4, 0.5) is 0 Å². The van der Waals surface area contributed by atoms with Crippen molar-refractivity contribution in [3.63, 3.8) is 0 Å². The summed E-state index contributed by atoms with van der Waals surface area (Å²) in [5, 5.41) is 14.4. The lowest BCUT2D eigenvalue weighted by Crippen LogP contribution is -2.44. The molecular weight excluding hydrogens is 292 g/mol. The maximum absolute atomic E-state index is 12.3. The minimum absolute atomic E-state index is 0.0504. The van der Waals surface area contributed by atoms with Crippen LogP contribution in [0.2, 0.25) is 0 Å². The number of thiocarbonyl (C=S) groups is 1. The molecule has 1 aliphatic heterocycles. The van der Waals surface area contributed by atoms with Crippen LogP contribution in [-0.4, -0.2) is 61.2 Å². The first-order valence-electron chi connectivity index (χ1n) is 7.12. The molecule has 1 aromatic rings. The van der Waals surface area contributed by atoms with E-state index in [0.29, 0.717) is 6.04 Å². The first-order valence-corrected chi connectivity index (χ1v) is 7.53. The summed E-state index contributed by atoms with van der Waals surface area (Å²) in [7, 11) is 1.67. The number of tetrazole rings is 1. The topological polar surface area (TPSA) is 85.2 Å². The highest BCUT2D eigenvalue weighted by Crippen LogP contribution is 2.28. The second-order valence-corrected chi connectivity index (χ2v) is 5.78. The van der Waals surface area contributed by atoms with Crippen LogP contribution in [0.1, 0.15) is 25.7 Å². The molecule has 1 atom stereocenters. The summed E-state index contributed by atoms with van der Waals surface area (Å²) in [5.41, 5.74) is 0. The largest absolute Gasteiger partial charge is 0.396 e. The Morgan fingerprint density at radius 2 is 2.33 bits per heavy atom. The van der Waals surface area contributed by atoms with Gasteiger partial charge in [0.25, 0.3) is 5.17 Å². The van der Waals surface area contributed by atoms with Crippen LogP contribution in [0.3, 0.4) is 0 Å². The number of carbonyl (C=O) groups excluding carboxylic acids is 1. The Kier molecular flexibility index (Phi) is 4.11. The van der Waals surface area contributed by atoms with Crippen molar-refractivity contribution in [2.24, 2.45) is 7.05 Å². The van der Waals surface area contributed by atoms with Gasteiger partial charge in [0.1, 0.15) is 0 Å². The highest BCUT2D eigenvalue weighted by atomic mass is 32.1. The lowest BCUT2D eigenvalue weighted by atomic mass is 10.1. The average molecular weight is 310 g/mol. The highest BCUT2D eigenvalue weighted by Gasteiger charge is 2.35. The zero-order valence-corrected chi connectivity index (χ0v) is 12.7. The van der Waals surface area contributed by atoms with Crippen LogP contribution in [0.25, 0.3) is 0 Å². The maximum atomic E-state index is 12.3. The van der Waals surface area contributed by atoms with E-state index in [4.69, 9.17) is 17.0 Å². The fourth-order valence-electron chi connectivity index (χ4n) is 2.41. The third-order valence-electron chi connectivity index (χ3n) is 3.76. The van der Waals surface area contributed by atoms with Crippen molar-refractivity contribution in [2.45, 2.75) is 37.8 Å². The number of aryl methyl sites for hydroxylation is 1. The number of hydrogen-bond acceptors (Lipinski definition) is 7. The Bertz CT molecular complexity index is 538. The molecule has 0 aromatic carbocycles. The van der Waals surface area contributed by atoms with Crippen LogP contribution in [0.5, 0.6) is 6.01 Å². The van der Waals surface area contributed by atoms with E-state index in [1.807, 2.05) is 4.90 Å². The van der Waals surface area contributed by atoms with E-state index in [1.54, 1.807) is 7.05 Å². The van der Waals surface area contributed by atoms with Gasteiger partial charge in [-0.3, -0.25) is 4.79 Å². The molecule has 0 spiro atoms. The first kappa shape index (κ1) is 14.3. The lowest BCUT2D eigenvalue weighted by Gasteiger charge is -2.24. The molecule has 2 heterocycles. The van der Waals surface area contributed by atoms with Crippen molar-refractivity contribution in [2.75, 3.05) is 13.1 Å². The maximum Gasteiger partial charge on any atom is 0.342 e. The molecule has 3 rings (SSSR count). The van der Waals surface area contributed by atoms with Gasteiger partial charge >= 0.3 is 6.01 Å². The fraction of sp³-hybridized carbons (Fsp3) is 0.750. The Labute approximate surface area is 127 Å². The molecule has 2 aliphatic rings. The van der Waals surface area contributed by atoms with Crippen molar-refractivity contribution < 1.29 is 9.53 Å². The van der Waals surface area contributed by atoms with E-state index in [9.17, 15) is 4.79 Å². The van der Waals surface area contributed by atoms with Gasteiger partial charge < -0.3 is 15.0 Å². The third kappa shape index (κ3) is 3.35. The van der Waals surface area contributed by atoms with Gasteiger partial charge in [0.15, 0.2) is 5.78 Å². The molecule has 0 bridgehead atoms. The Morgan fingerprint density at radius 3 is 2.90 bits per heavy atom. The summed E-state index contributed by atoms with van der Waals surface area (Å²) in [4.78, 5) is 14.2. The third-order valence-corrected chi connectivity index (χ3v) is 4.08. The van der Waals surface area contributed by atoms with E-state index >= 15 is 0 Å². The fourth-order valence-corrected chi connectivity index (χ4v) is 2.70. The monoisotopic (exact) mass is 310 g/mol. The van der Waals surface area contributed by atoms with Crippen molar-refractivity contribution in [1.29, 1.82) is 0 Å². The molecule has 114 valence electrons. The summed E-state index contributed by atoms with van der Waals surface area (Å²) < 4.78 is 6.92. The molecule has 9 heteroatoms. The number of Topliss-reactive ketones (excluding diaryl/α,β-unsaturated/α-hetero) is 1. The number of ether oxygens (including phenoxy) is 1. The van der Waals surface area contributed by atoms with Crippen LogP contribution >= 0.6 is 12.2 Å². The summed E-state index contributed by atoms with van der Waals surface area (Å²) >= 11 is 5.31. The minimum atomic E-state index is -0.0504. The van der Waals surface area contributed by atoms with Gasteiger partial charge in [-0.2, -0.15) is 4.68 Å². The molecule has 1 N–H and O–H groups in total. The van der Waals surface area contributed by atoms with Crippen molar-refractivity contribution in [1.82, 2.24) is 30.4 Å².